The van der Waals surface area contributed by atoms with Crippen molar-refractivity contribution in [3.8, 4) is 11.3 Å². The second-order valence-electron chi connectivity index (χ2n) is 3.45. The number of pyridine rings is 2. The van der Waals surface area contributed by atoms with Crippen molar-refractivity contribution in [2.24, 2.45) is 0 Å². The maximum absolute atomic E-state index is 5.97. The highest BCUT2D eigenvalue weighted by atomic mass is 35.5. The number of hydrogen-bond acceptors (Lipinski definition) is 2. The highest BCUT2D eigenvalue weighted by Gasteiger charge is 2.07. The van der Waals surface area contributed by atoms with E-state index < -0.39 is 0 Å². The summed E-state index contributed by atoms with van der Waals surface area (Å²) >= 11 is 5.97. The summed E-state index contributed by atoms with van der Waals surface area (Å²) < 4.78 is 1.79. The van der Waals surface area contributed by atoms with Crippen molar-refractivity contribution < 1.29 is 0 Å². The van der Waals surface area contributed by atoms with Crippen molar-refractivity contribution in [3.05, 3.63) is 53.9 Å². The molecule has 3 aromatic rings. The molecule has 0 N–H and O–H groups in total. The molecule has 0 saturated heterocycles. The highest BCUT2D eigenvalue weighted by Crippen LogP contribution is 2.24. The summed E-state index contributed by atoms with van der Waals surface area (Å²) in [7, 11) is 0. The normalized spacial score (nSPS) is 10.8. The van der Waals surface area contributed by atoms with Crippen molar-refractivity contribution in [1.82, 2.24) is 14.6 Å². The molecule has 3 heterocycles. The molecular formula is C12H8ClN3. The van der Waals surface area contributed by atoms with E-state index in [-0.39, 0.29) is 0 Å². The second kappa shape index (κ2) is 3.61. The highest BCUT2D eigenvalue weighted by molar-refractivity contribution is 6.31. The van der Waals surface area contributed by atoms with Gasteiger partial charge in [-0.05, 0) is 24.3 Å². The van der Waals surface area contributed by atoms with Crippen LogP contribution in [-0.2, 0) is 0 Å². The first-order valence-electron chi connectivity index (χ1n) is 4.89. The Hall–Kier alpha value is -1.87. The molecule has 16 heavy (non-hydrogen) atoms. The fraction of sp³-hybridized carbons (Fsp3) is 0. The Morgan fingerprint density at radius 3 is 2.94 bits per heavy atom. The van der Waals surface area contributed by atoms with Crippen LogP contribution in [0.1, 0.15) is 0 Å². The summed E-state index contributed by atoms with van der Waals surface area (Å²) in [4.78, 5) is 4.30. The van der Waals surface area contributed by atoms with Crippen LogP contribution in [0, 0.1) is 0 Å². The van der Waals surface area contributed by atoms with Crippen LogP contribution in [-0.4, -0.2) is 14.6 Å². The van der Waals surface area contributed by atoms with Crippen molar-refractivity contribution in [1.29, 1.82) is 0 Å². The van der Waals surface area contributed by atoms with Gasteiger partial charge in [-0.25, -0.2) is 4.52 Å². The number of halogens is 1. The van der Waals surface area contributed by atoms with E-state index in [0.717, 1.165) is 16.8 Å². The van der Waals surface area contributed by atoms with Crippen LogP contribution in [0.25, 0.3) is 16.8 Å². The van der Waals surface area contributed by atoms with Gasteiger partial charge in [0.1, 0.15) is 0 Å². The van der Waals surface area contributed by atoms with Crippen LogP contribution >= 0.6 is 11.6 Å². The molecule has 0 aliphatic carbocycles. The Kier molecular flexibility index (Phi) is 2.11. The monoisotopic (exact) mass is 229 g/mol. The van der Waals surface area contributed by atoms with Gasteiger partial charge in [-0.2, -0.15) is 5.10 Å². The molecule has 3 rings (SSSR count). The second-order valence-corrected chi connectivity index (χ2v) is 3.88. The molecule has 3 nitrogen and oxygen atoms in total. The minimum absolute atomic E-state index is 0.699. The van der Waals surface area contributed by atoms with Gasteiger partial charge in [-0.15, -0.1) is 0 Å². The van der Waals surface area contributed by atoms with Crippen molar-refractivity contribution in [2.45, 2.75) is 0 Å². The van der Waals surface area contributed by atoms with Crippen LogP contribution < -0.4 is 0 Å². The average molecular weight is 230 g/mol. The fourth-order valence-corrected chi connectivity index (χ4v) is 1.83. The third-order valence-electron chi connectivity index (χ3n) is 2.42. The van der Waals surface area contributed by atoms with Gasteiger partial charge in [0, 0.05) is 23.0 Å². The van der Waals surface area contributed by atoms with Crippen molar-refractivity contribution in [2.75, 3.05) is 0 Å². The molecule has 0 bridgehead atoms. The Bertz CT molecular complexity index is 631. The van der Waals surface area contributed by atoms with E-state index in [0.29, 0.717) is 5.02 Å². The predicted molar refractivity (Wildman–Crippen MR) is 63.4 cm³/mol. The quantitative estimate of drug-likeness (QED) is 0.642. The van der Waals surface area contributed by atoms with E-state index in [2.05, 4.69) is 10.1 Å². The maximum Gasteiger partial charge on any atom is 0.0770 e. The van der Waals surface area contributed by atoms with E-state index in [1.165, 1.54) is 0 Å². The molecule has 78 valence electrons. The lowest BCUT2D eigenvalue weighted by Gasteiger charge is -1.98. The summed E-state index contributed by atoms with van der Waals surface area (Å²) in [5.74, 6) is 0. The summed E-state index contributed by atoms with van der Waals surface area (Å²) in [5.41, 5.74) is 2.86. The molecule has 0 unspecified atom stereocenters. The molecular weight excluding hydrogens is 222 g/mol. The average Bonchev–Trinajstić information content (AvgIpc) is 2.73. The number of nitrogens with zero attached hydrogens (tertiary/aromatic N) is 3. The van der Waals surface area contributed by atoms with Gasteiger partial charge < -0.3 is 0 Å². The first kappa shape index (κ1) is 9.36. The molecule has 3 aromatic heterocycles. The molecule has 0 spiro atoms. The van der Waals surface area contributed by atoms with E-state index in [9.17, 15) is 0 Å². The van der Waals surface area contributed by atoms with Gasteiger partial charge in [-0.1, -0.05) is 17.7 Å². The van der Waals surface area contributed by atoms with Crippen LogP contribution in [0.5, 0.6) is 0 Å². The molecule has 0 aliphatic rings. The van der Waals surface area contributed by atoms with Gasteiger partial charge in [0.15, 0.2) is 0 Å². The molecule has 0 aromatic carbocycles. The van der Waals surface area contributed by atoms with Gasteiger partial charge in [-0.3, -0.25) is 4.98 Å². The number of aromatic nitrogens is 3. The van der Waals surface area contributed by atoms with Gasteiger partial charge >= 0.3 is 0 Å². The predicted octanol–water partition coefficient (Wildman–Crippen LogP) is 3.05. The Morgan fingerprint density at radius 2 is 2.12 bits per heavy atom. The topological polar surface area (TPSA) is 30.2 Å². The molecule has 0 saturated carbocycles. The Labute approximate surface area is 97.3 Å². The Balaban J connectivity index is 2.29. The minimum atomic E-state index is 0.699. The van der Waals surface area contributed by atoms with Crippen LogP contribution in [0.15, 0.2) is 48.9 Å². The van der Waals surface area contributed by atoms with Gasteiger partial charge in [0.05, 0.1) is 17.4 Å². The number of fused-ring (bicyclic) bond motifs is 1. The molecule has 0 fully saturated rings. The lowest BCUT2D eigenvalue weighted by atomic mass is 10.2. The van der Waals surface area contributed by atoms with Gasteiger partial charge in [0.25, 0.3) is 0 Å². The Morgan fingerprint density at radius 1 is 1.19 bits per heavy atom. The molecule has 0 atom stereocenters. The molecule has 0 aliphatic heterocycles. The standard InChI is InChI=1S/C12H8ClN3/c13-9-4-6-16-12(7-9)10(8-15-16)11-3-1-2-5-14-11/h1-8H. The zero-order valence-corrected chi connectivity index (χ0v) is 9.09. The molecule has 0 amide bonds. The SMILES string of the molecule is Clc1ccn2ncc(-c3ccccn3)c2c1. The third kappa shape index (κ3) is 1.46. The first-order valence-corrected chi connectivity index (χ1v) is 5.27. The smallest absolute Gasteiger partial charge is 0.0770 e. The van der Waals surface area contributed by atoms with Crippen LogP contribution in [0.3, 0.4) is 0 Å². The summed E-state index contributed by atoms with van der Waals surface area (Å²) in [6, 6.07) is 9.50. The zero-order chi connectivity index (χ0) is 11.0. The zero-order valence-electron chi connectivity index (χ0n) is 8.34. The van der Waals surface area contributed by atoms with E-state index in [4.69, 9.17) is 11.6 Å². The number of rotatable bonds is 1. The van der Waals surface area contributed by atoms with E-state index in [1.54, 1.807) is 16.9 Å². The van der Waals surface area contributed by atoms with Crippen molar-refractivity contribution >= 4 is 17.1 Å². The summed E-state index contributed by atoms with van der Waals surface area (Å²) in [6.45, 7) is 0. The minimum Gasteiger partial charge on any atom is -0.256 e. The molecule has 4 heteroatoms. The molecule has 0 radical (unpaired) electrons. The van der Waals surface area contributed by atoms with Crippen LogP contribution in [0.4, 0.5) is 0 Å². The van der Waals surface area contributed by atoms with Crippen molar-refractivity contribution in [3.63, 3.8) is 0 Å². The summed E-state index contributed by atoms with van der Waals surface area (Å²) in [5, 5.41) is 4.95. The van der Waals surface area contributed by atoms with Crippen LogP contribution in [0.2, 0.25) is 5.02 Å². The summed E-state index contributed by atoms with van der Waals surface area (Å²) in [6.07, 6.45) is 5.40. The largest absolute Gasteiger partial charge is 0.256 e. The maximum atomic E-state index is 5.97. The first-order chi connectivity index (χ1) is 7.84. The van der Waals surface area contributed by atoms with Gasteiger partial charge in [0.2, 0.25) is 0 Å². The van der Waals surface area contributed by atoms with E-state index in [1.807, 2.05) is 36.5 Å². The fourth-order valence-electron chi connectivity index (χ4n) is 1.67. The van der Waals surface area contributed by atoms with E-state index >= 15 is 0 Å². The number of hydrogen-bond donors (Lipinski definition) is 0. The lowest BCUT2D eigenvalue weighted by Crippen LogP contribution is -1.85. The third-order valence-corrected chi connectivity index (χ3v) is 2.66. The lowest BCUT2D eigenvalue weighted by molar-refractivity contribution is 0.961.